The Balaban J connectivity index is 1.23. The molecule has 2 unspecified atom stereocenters. The van der Waals surface area contributed by atoms with Crippen molar-refractivity contribution < 1.29 is 14.2 Å². The van der Waals surface area contributed by atoms with Crippen LogP contribution in [0.1, 0.15) is 173 Å². The van der Waals surface area contributed by atoms with Crippen molar-refractivity contribution in [1.82, 2.24) is 0 Å². The predicted molar refractivity (Wildman–Crippen MR) is 308 cm³/mol. The number of fused-ring (bicyclic) bond motifs is 6. The molecular weight excluding hydrogens is 903 g/mol. The summed E-state index contributed by atoms with van der Waals surface area (Å²) in [5, 5.41) is 7.74. The summed E-state index contributed by atoms with van der Waals surface area (Å²) in [6.07, 6.45) is 11.1. The van der Waals surface area contributed by atoms with Crippen molar-refractivity contribution in [3.05, 3.63) is 142 Å². The van der Waals surface area contributed by atoms with Gasteiger partial charge in [0.1, 0.15) is 34.5 Å². The molecule has 0 aliphatic carbocycles. The first kappa shape index (κ1) is 51.5. The van der Waals surface area contributed by atoms with Gasteiger partial charge in [0.15, 0.2) is 0 Å². The van der Waals surface area contributed by atoms with Crippen LogP contribution < -0.4 is 46.0 Å². The van der Waals surface area contributed by atoms with E-state index in [1.165, 1.54) is 89.2 Å². The van der Waals surface area contributed by atoms with Crippen LogP contribution in [0.15, 0.2) is 97.1 Å². The highest BCUT2D eigenvalue weighted by Gasteiger charge is 2.43. The normalized spacial score (nSPS) is 16.7. The van der Waals surface area contributed by atoms with Crippen LogP contribution in [0, 0.1) is 36.0 Å². The quantitative estimate of drug-likeness (QED) is 0.108. The summed E-state index contributed by atoms with van der Waals surface area (Å²) in [5.74, 6) is 6.55. The number of benzene rings is 6. The molecule has 3 heterocycles. The summed E-state index contributed by atoms with van der Waals surface area (Å²) in [6, 6.07) is 37.9. The number of aryl methyl sites for hydroxylation is 6. The van der Waals surface area contributed by atoms with Gasteiger partial charge in [-0.3, -0.25) is 0 Å². The Bertz CT molecular complexity index is 2950. The first-order chi connectivity index (χ1) is 33.4. The number of ether oxygens (including phenoxy) is 3. The SMILES string of the molecule is Cc1cc(P2c3cc(CCCC(C)(C)C)ccc3Oc3ccc(CCC(C)C)cc32)c2c(c1)C(C)(C)c1cc(C)cc(P3c4cc(CCCC(C)(C)C)ccc4Oc4ccc(CCC(C)(C)C)cc43)c1O2. The summed E-state index contributed by atoms with van der Waals surface area (Å²) >= 11 is 0. The third-order valence-corrected chi connectivity index (χ3v) is 19.9. The Morgan fingerprint density at radius 2 is 0.775 bits per heavy atom. The number of rotatable bonds is 13. The fourth-order valence-electron chi connectivity index (χ4n) is 10.8. The standard InChI is InChI=1S/C66H82O3P2/c1-42(2)20-21-47-24-28-53-57(40-47)70(55-38-45(22-26-51(55)67-53)18-16-31-63(5,6)7)59-36-43(3)34-49-61(59)69-62-50(66(49,14)15)35-44(4)37-60(62)71-56-39-46(19-17-32-64(8,9)10)23-27-52(56)68-54-29-25-48(41-58(54)71)30-33-65(11,12)13/h22-29,34-42H,16-21,30-33H2,1-15H3. The first-order valence-corrected chi connectivity index (χ1v) is 29.5. The van der Waals surface area contributed by atoms with Gasteiger partial charge in [-0.15, -0.1) is 0 Å². The molecule has 0 spiro atoms. The van der Waals surface area contributed by atoms with Crippen LogP contribution in [0.5, 0.6) is 34.5 Å². The summed E-state index contributed by atoms with van der Waals surface area (Å²) in [5.41, 5.74) is 11.0. The van der Waals surface area contributed by atoms with E-state index in [9.17, 15) is 0 Å². The second kappa shape index (κ2) is 19.8. The molecule has 374 valence electrons. The molecule has 6 aromatic carbocycles. The minimum absolute atomic E-state index is 0.237. The maximum absolute atomic E-state index is 7.90. The molecule has 71 heavy (non-hydrogen) atoms. The van der Waals surface area contributed by atoms with Gasteiger partial charge in [0.25, 0.3) is 0 Å². The van der Waals surface area contributed by atoms with Crippen molar-refractivity contribution in [1.29, 1.82) is 0 Å². The van der Waals surface area contributed by atoms with Crippen LogP contribution in [-0.2, 0) is 31.1 Å². The molecule has 0 saturated heterocycles. The van der Waals surface area contributed by atoms with E-state index < -0.39 is 15.8 Å². The Kier molecular flexibility index (Phi) is 14.3. The van der Waals surface area contributed by atoms with E-state index in [2.05, 4.69) is 201 Å². The smallest absolute Gasteiger partial charge is 0.139 e. The lowest BCUT2D eigenvalue weighted by Gasteiger charge is -2.40. The van der Waals surface area contributed by atoms with Crippen LogP contribution in [0.2, 0.25) is 0 Å². The van der Waals surface area contributed by atoms with Crippen LogP contribution in [0.3, 0.4) is 0 Å². The van der Waals surface area contributed by atoms with Crippen LogP contribution in [-0.4, -0.2) is 0 Å². The van der Waals surface area contributed by atoms with Crippen LogP contribution in [0.4, 0.5) is 0 Å². The zero-order valence-corrected chi connectivity index (χ0v) is 47.8. The topological polar surface area (TPSA) is 27.7 Å². The highest BCUT2D eigenvalue weighted by Crippen LogP contribution is 2.56. The van der Waals surface area contributed by atoms with E-state index >= 15 is 0 Å². The molecule has 0 bridgehead atoms. The molecule has 2 atom stereocenters. The predicted octanol–water partition coefficient (Wildman–Crippen LogP) is 16.8. The molecule has 0 aromatic heterocycles. The molecular formula is C66H82O3P2. The molecule has 0 N–H and O–H groups in total. The van der Waals surface area contributed by atoms with Gasteiger partial charge in [0, 0.05) is 48.4 Å². The first-order valence-electron chi connectivity index (χ1n) is 26.9. The van der Waals surface area contributed by atoms with E-state index in [0.29, 0.717) is 16.7 Å². The Morgan fingerprint density at radius 1 is 0.423 bits per heavy atom. The maximum Gasteiger partial charge on any atom is 0.139 e. The molecule has 6 aromatic rings. The molecule has 0 saturated carbocycles. The molecule has 5 heteroatoms. The molecule has 9 rings (SSSR count). The van der Waals surface area contributed by atoms with Gasteiger partial charge in [-0.25, -0.2) is 0 Å². The molecule has 3 aliphatic rings. The highest BCUT2D eigenvalue weighted by atomic mass is 31.1. The van der Waals surface area contributed by atoms with Crippen molar-refractivity contribution in [2.24, 2.45) is 22.2 Å². The van der Waals surface area contributed by atoms with E-state index in [1.54, 1.807) is 0 Å². The number of hydrogen-bond acceptors (Lipinski definition) is 3. The second-order valence-corrected chi connectivity index (χ2v) is 30.2. The Labute approximate surface area is 431 Å². The van der Waals surface area contributed by atoms with E-state index in [1.807, 2.05) is 0 Å². The third-order valence-electron chi connectivity index (χ3n) is 14.9. The minimum atomic E-state index is -1.08. The summed E-state index contributed by atoms with van der Waals surface area (Å²) in [7, 11) is -2.15. The summed E-state index contributed by atoms with van der Waals surface area (Å²) in [6.45, 7) is 35.3. The zero-order valence-electron chi connectivity index (χ0n) is 46.0. The monoisotopic (exact) mass is 985 g/mol. The average molecular weight is 985 g/mol. The highest BCUT2D eigenvalue weighted by molar-refractivity contribution is 7.81. The third kappa shape index (κ3) is 11.4. The summed E-state index contributed by atoms with van der Waals surface area (Å²) < 4.78 is 21.8. The largest absolute Gasteiger partial charge is 0.456 e. The fraction of sp³-hybridized carbons (Fsp3) is 0.455. The Morgan fingerprint density at radius 3 is 1.13 bits per heavy atom. The van der Waals surface area contributed by atoms with Crippen LogP contribution >= 0.6 is 15.8 Å². The van der Waals surface area contributed by atoms with Gasteiger partial charge >= 0.3 is 0 Å². The molecule has 0 fully saturated rings. The fourth-order valence-corrected chi connectivity index (χ4v) is 16.3. The van der Waals surface area contributed by atoms with Gasteiger partial charge in [0.05, 0.1) is 0 Å². The molecule has 0 radical (unpaired) electrons. The van der Waals surface area contributed by atoms with Crippen molar-refractivity contribution in [2.45, 2.75) is 173 Å². The van der Waals surface area contributed by atoms with E-state index in [-0.39, 0.29) is 10.8 Å². The van der Waals surface area contributed by atoms with Gasteiger partial charge in [0.2, 0.25) is 0 Å². The lowest BCUT2D eigenvalue weighted by Crippen LogP contribution is -2.35. The minimum Gasteiger partial charge on any atom is -0.456 e. The summed E-state index contributed by atoms with van der Waals surface area (Å²) in [4.78, 5) is 0. The van der Waals surface area contributed by atoms with Gasteiger partial charge in [-0.2, -0.15) is 0 Å². The van der Waals surface area contributed by atoms with Crippen molar-refractivity contribution in [3.8, 4) is 34.5 Å². The molecule has 0 amide bonds. The van der Waals surface area contributed by atoms with Crippen molar-refractivity contribution in [3.63, 3.8) is 0 Å². The lowest BCUT2D eigenvalue weighted by atomic mass is 9.75. The van der Waals surface area contributed by atoms with Gasteiger partial charge < -0.3 is 14.2 Å². The second-order valence-electron chi connectivity index (χ2n) is 26.0. The maximum atomic E-state index is 7.90. The molecule has 3 aliphatic heterocycles. The van der Waals surface area contributed by atoms with E-state index in [4.69, 9.17) is 14.2 Å². The zero-order chi connectivity index (χ0) is 50.8. The average Bonchev–Trinajstić information content (AvgIpc) is 3.28. The van der Waals surface area contributed by atoms with Gasteiger partial charge in [-0.1, -0.05) is 126 Å². The van der Waals surface area contributed by atoms with E-state index in [0.717, 1.165) is 85.9 Å². The van der Waals surface area contributed by atoms with Crippen molar-refractivity contribution in [2.75, 3.05) is 0 Å². The van der Waals surface area contributed by atoms with Gasteiger partial charge in [-0.05, 0) is 210 Å². The van der Waals surface area contributed by atoms with Crippen LogP contribution in [0.25, 0.3) is 0 Å². The van der Waals surface area contributed by atoms with Crippen molar-refractivity contribution >= 4 is 47.7 Å². The number of hydrogen-bond donors (Lipinski definition) is 0. The lowest BCUT2D eigenvalue weighted by molar-refractivity contribution is 0.365. The Hall–Kier alpha value is -4.42. The molecule has 3 nitrogen and oxygen atoms in total.